The zero-order valence-corrected chi connectivity index (χ0v) is 12.1. The second kappa shape index (κ2) is 4.53. The van der Waals surface area contributed by atoms with Crippen molar-refractivity contribution in [1.82, 2.24) is 9.29 Å². The Morgan fingerprint density at radius 2 is 2.15 bits per heavy atom. The average molecular weight is 295 g/mol. The lowest BCUT2D eigenvalue weighted by Gasteiger charge is -2.23. The highest BCUT2D eigenvalue weighted by atomic mass is 32.2. The third-order valence-electron chi connectivity index (χ3n) is 4.15. The number of rotatable bonds is 2. The third kappa shape index (κ3) is 2.31. The van der Waals surface area contributed by atoms with Gasteiger partial charge in [-0.25, -0.2) is 12.7 Å². The maximum absolute atomic E-state index is 12.2. The normalized spacial score (nSPS) is 27.6. The Labute approximate surface area is 118 Å². The van der Waals surface area contributed by atoms with E-state index < -0.39 is 10.0 Å². The van der Waals surface area contributed by atoms with Crippen LogP contribution in [-0.2, 0) is 14.8 Å². The molecule has 0 bridgehead atoms. The zero-order valence-electron chi connectivity index (χ0n) is 11.3. The summed E-state index contributed by atoms with van der Waals surface area (Å²) in [6, 6.07) is 3.65. The smallest absolute Gasteiger partial charge is 0.227 e. The minimum atomic E-state index is -3.17. The summed E-state index contributed by atoms with van der Waals surface area (Å²) >= 11 is 0. The van der Waals surface area contributed by atoms with Crippen LogP contribution in [0.2, 0.25) is 0 Å². The molecule has 2 saturated heterocycles. The molecule has 20 heavy (non-hydrogen) atoms. The highest BCUT2D eigenvalue weighted by Gasteiger charge is 2.49. The van der Waals surface area contributed by atoms with E-state index in [9.17, 15) is 13.2 Å². The number of nitrogens with zero attached hydrogens (tertiary/aromatic N) is 3. The van der Waals surface area contributed by atoms with Crippen LogP contribution in [0.5, 0.6) is 0 Å². The molecule has 1 aromatic rings. The molecule has 0 aliphatic carbocycles. The van der Waals surface area contributed by atoms with Gasteiger partial charge in [0.05, 0.1) is 18.1 Å². The molecule has 0 N–H and O–H groups in total. The number of hydrogen-bond donors (Lipinski definition) is 0. The molecule has 1 spiro atoms. The van der Waals surface area contributed by atoms with E-state index in [-0.39, 0.29) is 11.3 Å². The van der Waals surface area contributed by atoms with Gasteiger partial charge in [-0.1, -0.05) is 0 Å². The minimum Gasteiger partial charge on any atom is -0.310 e. The largest absolute Gasteiger partial charge is 0.310 e. The van der Waals surface area contributed by atoms with E-state index in [1.165, 1.54) is 10.6 Å². The second-order valence-electron chi connectivity index (χ2n) is 5.71. The first-order valence-electron chi connectivity index (χ1n) is 6.55. The molecule has 3 heterocycles. The Hall–Kier alpha value is -1.47. The van der Waals surface area contributed by atoms with E-state index in [0.29, 0.717) is 26.1 Å². The maximum atomic E-state index is 12.2. The van der Waals surface area contributed by atoms with Crippen molar-refractivity contribution in [3.63, 3.8) is 0 Å². The van der Waals surface area contributed by atoms with Gasteiger partial charge in [-0.3, -0.25) is 9.78 Å². The molecule has 1 unspecified atom stereocenters. The highest BCUT2D eigenvalue weighted by molar-refractivity contribution is 7.88. The molecule has 0 aromatic carbocycles. The van der Waals surface area contributed by atoms with E-state index in [1.54, 1.807) is 23.4 Å². The fourth-order valence-electron chi connectivity index (χ4n) is 3.09. The van der Waals surface area contributed by atoms with Crippen molar-refractivity contribution in [3.8, 4) is 0 Å². The molecule has 2 aliphatic rings. The number of anilines is 1. The van der Waals surface area contributed by atoms with Gasteiger partial charge >= 0.3 is 0 Å². The third-order valence-corrected chi connectivity index (χ3v) is 5.40. The van der Waals surface area contributed by atoms with E-state index in [4.69, 9.17) is 0 Å². The molecule has 108 valence electrons. The SMILES string of the molecule is CS(=O)(=O)N1CCC2(CC(=O)N(c3cccnc3)C2)C1. The molecular formula is C13H17N3O3S. The number of sulfonamides is 1. The molecule has 1 aromatic heterocycles. The first kappa shape index (κ1) is 13.5. The quantitative estimate of drug-likeness (QED) is 0.795. The number of pyridine rings is 1. The van der Waals surface area contributed by atoms with Crippen molar-refractivity contribution in [3.05, 3.63) is 24.5 Å². The molecular weight excluding hydrogens is 278 g/mol. The maximum Gasteiger partial charge on any atom is 0.227 e. The zero-order chi connectivity index (χ0) is 14.4. The van der Waals surface area contributed by atoms with E-state index in [1.807, 2.05) is 6.07 Å². The second-order valence-corrected chi connectivity index (χ2v) is 7.70. The number of hydrogen-bond acceptors (Lipinski definition) is 4. The standard InChI is InChI=1S/C13H17N3O3S/c1-20(18,19)15-6-4-13(9-15)7-12(17)16(10-13)11-3-2-5-14-8-11/h2-3,5,8H,4,6-7,9-10H2,1H3. The lowest BCUT2D eigenvalue weighted by molar-refractivity contribution is -0.117. The van der Waals surface area contributed by atoms with Crippen LogP contribution in [0.15, 0.2) is 24.5 Å². The van der Waals surface area contributed by atoms with Crippen LogP contribution >= 0.6 is 0 Å². The van der Waals surface area contributed by atoms with E-state index >= 15 is 0 Å². The lowest BCUT2D eigenvalue weighted by atomic mass is 9.86. The van der Waals surface area contributed by atoms with Crippen molar-refractivity contribution in [2.24, 2.45) is 5.41 Å². The molecule has 2 fully saturated rings. The first-order chi connectivity index (χ1) is 9.40. The van der Waals surface area contributed by atoms with Crippen LogP contribution in [0.4, 0.5) is 5.69 Å². The van der Waals surface area contributed by atoms with Gasteiger partial charge in [-0.2, -0.15) is 0 Å². The van der Waals surface area contributed by atoms with Gasteiger partial charge in [0.15, 0.2) is 0 Å². The summed E-state index contributed by atoms with van der Waals surface area (Å²) in [5.74, 6) is 0.0494. The summed E-state index contributed by atoms with van der Waals surface area (Å²) in [7, 11) is -3.17. The van der Waals surface area contributed by atoms with Gasteiger partial charge in [-0.15, -0.1) is 0 Å². The summed E-state index contributed by atoms with van der Waals surface area (Å²) in [5, 5.41) is 0. The fraction of sp³-hybridized carbons (Fsp3) is 0.538. The topological polar surface area (TPSA) is 70.6 Å². The molecule has 2 aliphatic heterocycles. The first-order valence-corrected chi connectivity index (χ1v) is 8.40. The number of carbonyl (C=O) groups excluding carboxylic acids is 1. The molecule has 0 saturated carbocycles. The van der Waals surface area contributed by atoms with Crippen LogP contribution < -0.4 is 4.90 Å². The molecule has 1 atom stereocenters. The van der Waals surface area contributed by atoms with Crippen molar-refractivity contribution >= 4 is 21.6 Å². The summed E-state index contributed by atoms with van der Waals surface area (Å²) in [6.45, 7) is 1.52. The van der Waals surface area contributed by atoms with E-state index in [2.05, 4.69) is 4.98 Å². The van der Waals surface area contributed by atoms with Crippen molar-refractivity contribution in [1.29, 1.82) is 0 Å². The van der Waals surface area contributed by atoms with Gasteiger partial charge in [0.1, 0.15) is 0 Å². The van der Waals surface area contributed by atoms with E-state index in [0.717, 1.165) is 12.1 Å². The average Bonchev–Trinajstić information content (AvgIpc) is 2.95. The highest BCUT2D eigenvalue weighted by Crippen LogP contribution is 2.42. The van der Waals surface area contributed by atoms with Gasteiger partial charge in [0.25, 0.3) is 0 Å². The van der Waals surface area contributed by atoms with Crippen molar-refractivity contribution < 1.29 is 13.2 Å². The van der Waals surface area contributed by atoms with Crippen LogP contribution in [0.3, 0.4) is 0 Å². The minimum absolute atomic E-state index is 0.0494. The van der Waals surface area contributed by atoms with Crippen LogP contribution in [-0.4, -0.2) is 49.5 Å². The van der Waals surface area contributed by atoms with Gasteiger partial charge in [-0.05, 0) is 18.6 Å². The Morgan fingerprint density at radius 1 is 1.35 bits per heavy atom. The van der Waals surface area contributed by atoms with Crippen LogP contribution in [0.1, 0.15) is 12.8 Å². The van der Waals surface area contributed by atoms with Crippen LogP contribution in [0, 0.1) is 5.41 Å². The predicted molar refractivity (Wildman–Crippen MR) is 74.7 cm³/mol. The Morgan fingerprint density at radius 3 is 2.75 bits per heavy atom. The Bertz CT molecular complexity index is 632. The molecule has 3 rings (SSSR count). The summed E-state index contributed by atoms with van der Waals surface area (Å²) < 4.78 is 24.7. The van der Waals surface area contributed by atoms with Gasteiger partial charge in [0.2, 0.25) is 15.9 Å². The summed E-state index contributed by atoms with van der Waals surface area (Å²) in [4.78, 5) is 18.0. The summed E-state index contributed by atoms with van der Waals surface area (Å²) in [6.07, 6.45) is 5.71. The number of aromatic nitrogens is 1. The molecule has 7 heteroatoms. The van der Waals surface area contributed by atoms with Crippen molar-refractivity contribution in [2.75, 3.05) is 30.8 Å². The lowest BCUT2D eigenvalue weighted by Crippen LogP contribution is -2.33. The number of amides is 1. The molecule has 0 radical (unpaired) electrons. The van der Waals surface area contributed by atoms with Gasteiger partial charge in [0, 0.05) is 37.7 Å². The Kier molecular flexibility index (Phi) is 3.06. The Balaban J connectivity index is 1.81. The molecule has 6 nitrogen and oxygen atoms in total. The fourth-order valence-corrected chi connectivity index (χ4v) is 4.03. The predicted octanol–water partition coefficient (Wildman–Crippen LogP) is 0.470. The van der Waals surface area contributed by atoms with Crippen LogP contribution in [0.25, 0.3) is 0 Å². The number of carbonyl (C=O) groups is 1. The molecule has 1 amide bonds. The summed E-state index contributed by atoms with van der Waals surface area (Å²) in [5.41, 5.74) is 0.544. The van der Waals surface area contributed by atoms with Crippen molar-refractivity contribution in [2.45, 2.75) is 12.8 Å². The monoisotopic (exact) mass is 295 g/mol. The van der Waals surface area contributed by atoms with Gasteiger partial charge < -0.3 is 4.90 Å².